The number of ether oxygens (including phenoxy) is 2. The molecule has 4 aromatic heterocycles. The maximum absolute atomic E-state index is 15.9. The van der Waals surface area contributed by atoms with E-state index >= 15 is 4.39 Å². The Morgan fingerprint density at radius 3 is 2.68 bits per heavy atom. The molecule has 0 spiro atoms. The summed E-state index contributed by atoms with van der Waals surface area (Å²) < 4.78 is 79.4. The number of nitrogens with two attached hydrogens (primary N) is 1. The molecule has 2 bridgehead atoms. The van der Waals surface area contributed by atoms with Crippen LogP contribution < -0.4 is 11.3 Å². The monoisotopic (exact) mass is 678 g/mol. The van der Waals surface area contributed by atoms with Gasteiger partial charge in [0, 0.05) is 12.6 Å². The number of alkyl halides is 1. The third-order valence-corrected chi connectivity index (χ3v) is 9.84. The predicted octanol–water partition coefficient (Wildman–Crippen LogP) is 0.943. The third-order valence-electron chi connectivity index (χ3n) is 7.27. The van der Waals surface area contributed by atoms with Crippen molar-refractivity contribution < 1.29 is 50.7 Å². The summed E-state index contributed by atoms with van der Waals surface area (Å²) in [4.78, 5) is 52.0. The smallest absolute Gasteiger partial charge is 0.382 e. The molecule has 7 heterocycles. The fraction of sp³-hybridized carbons (Fsp3) is 0.476. The quantitative estimate of drug-likeness (QED) is 0.216. The Labute approximate surface area is 248 Å². The second-order valence-corrected chi connectivity index (χ2v) is 14.2. The van der Waals surface area contributed by atoms with Crippen LogP contribution >= 0.6 is 14.5 Å². The summed E-state index contributed by atoms with van der Waals surface area (Å²) in [7, 11) is -4.96. The zero-order valence-electron chi connectivity index (χ0n) is 22.0. The van der Waals surface area contributed by atoms with Gasteiger partial charge in [0.25, 0.3) is 5.56 Å². The first kappa shape index (κ1) is 29.9. The van der Waals surface area contributed by atoms with E-state index in [1.165, 1.54) is 10.9 Å². The molecule has 0 amide bonds. The van der Waals surface area contributed by atoms with Crippen molar-refractivity contribution in [2.45, 2.75) is 49.5 Å². The normalized spacial score (nSPS) is 36.6. The van der Waals surface area contributed by atoms with E-state index < -0.39 is 82.2 Å². The Balaban J connectivity index is 1.19. The molecule has 4 aromatic rings. The molecule has 23 heteroatoms. The maximum Gasteiger partial charge on any atom is 0.472 e. The summed E-state index contributed by atoms with van der Waals surface area (Å²) in [5.41, 5.74) is 5.24. The van der Waals surface area contributed by atoms with E-state index in [4.69, 9.17) is 45.1 Å². The number of hydrogen-bond donors (Lipinski definition) is 4. The minimum Gasteiger partial charge on any atom is -0.382 e. The Morgan fingerprint density at radius 1 is 1.05 bits per heavy atom. The standard InChI is InChI=1S/C21H22F2N8O10P2S/c22-9-2-30(17-12(9)19(32)28-6-26-17)20-10-1-8(38-20)3-37-43(35,44)41-15-11(4-36-42(33,34)40-10)39-21(13(15)23)31-7-29-14-16(24)25-5-27-18(14)31/h2,5-8,10-11,13,15,20-21H,1,3-4H2,(H,33,34)(H,35,44)(H2,24,25,27)(H,26,28,32)/t8-,10+,11+,13+,15+,20+,21+,43?/m0/s1. The topological polar surface area (TPSA) is 233 Å². The Kier molecular flexibility index (Phi) is 7.41. The number of anilines is 1. The molecular formula is C21H22F2N8O10P2S. The first-order chi connectivity index (χ1) is 20.9. The number of nitrogen functional groups attached to an aromatic ring is 1. The van der Waals surface area contributed by atoms with Gasteiger partial charge in [-0.05, 0) is 11.8 Å². The highest BCUT2D eigenvalue weighted by Gasteiger charge is 2.52. The van der Waals surface area contributed by atoms with Gasteiger partial charge in [0.15, 0.2) is 41.6 Å². The van der Waals surface area contributed by atoms with Crippen molar-refractivity contribution in [1.82, 2.24) is 34.1 Å². The van der Waals surface area contributed by atoms with Crippen LogP contribution in [0.4, 0.5) is 14.6 Å². The van der Waals surface area contributed by atoms with Crippen molar-refractivity contribution in [2.75, 3.05) is 18.9 Å². The number of nitrogens with one attached hydrogen (secondary N) is 1. The second-order valence-electron chi connectivity index (χ2n) is 10.0. The first-order valence-electron chi connectivity index (χ1n) is 12.8. The Hall–Kier alpha value is -2.81. The van der Waals surface area contributed by atoms with Gasteiger partial charge in [-0.15, -0.1) is 0 Å². The van der Waals surface area contributed by atoms with Crippen LogP contribution in [-0.4, -0.2) is 87.6 Å². The molecule has 236 valence electrons. The van der Waals surface area contributed by atoms with Crippen molar-refractivity contribution >= 4 is 54.4 Å². The third kappa shape index (κ3) is 5.27. The van der Waals surface area contributed by atoms with Gasteiger partial charge in [-0.1, -0.05) is 0 Å². The van der Waals surface area contributed by atoms with Crippen molar-refractivity contribution in [2.24, 2.45) is 0 Å². The van der Waals surface area contributed by atoms with Crippen molar-refractivity contribution in [3.63, 3.8) is 0 Å². The number of halogens is 2. The lowest BCUT2D eigenvalue weighted by Crippen LogP contribution is -2.34. The number of phosphoric ester groups is 1. The molecule has 3 saturated heterocycles. The Bertz CT molecular complexity index is 1910. The zero-order valence-corrected chi connectivity index (χ0v) is 24.6. The minimum absolute atomic E-state index is 0.0373. The van der Waals surface area contributed by atoms with Gasteiger partial charge < -0.3 is 39.1 Å². The average molecular weight is 678 g/mol. The van der Waals surface area contributed by atoms with Crippen LogP contribution in [-0.2, 0) is 43.9 Å². The fourth-order valence-electron chi connectivity index (χ4n) is 5.37. The van der Waals surface area contributed by atoms with Gasteiger partial charge in [0.05, 0.1) is 32.0 Å². The van der Waals surface area contributed by atoms with Gasteiger partial charge in [-0.25, -0.2) is 33.3 Å². The summed E-state index contributed by atoms with van der Waals surface area (Å²) in [6.07, 6.45) is -5.89. The van der Waals surface area contributed by atoms with Crippen LogP contribution in [0.1, 0.15) is 18.9 Å². The van der Waals surface area contributed by atoms with E-state index in [0.717, 1.165) is 23.4 Å². The lowest BCUT2D eigenvalue weighted by atomic mass is 10.1. The average Bonchev–Trinajstić information content (AvgIpc) is 3.72. The van der Waals surface area contributed by atoms with Crippen LogP contribution in [0.15, 0.2) is 30.0 Å². The molecule has 7 rings (SSSR count). The molecule has 0 saturated carbocycles. The molecular weight excluding hydrogens is 656 g/mol. The molecule has 2 unspecified atom stereocenters. The maximum atomic E-state index is 15.9. The molecule has 0 aromatic carbocycles. The van der Waals surface area contributed by atoms with E-state index in [1.54, 1.807) is 0 Å². The predicted molar refractivity (Wildman–Crippen MR) is 145 cm³/mol. The molecule has 18 nitrogen and oxygen atoms in total. The molecule has 44 heavy (non-hydrogen) atoms. The van der Waals surface area contributed by atoms with Crippen LogP contribution in [0, 0.1) is 5.82 Å². The largest absolute Gasteiger partial charge is 0.472 e. The number of H-pyrrole nitrogens is 1. The van der Waals surface area contributed by atoms with Gasteiger partial charge >= 0.3 is 14.5 Å². The van der Waals surface area contributed by atoms with Gasteiger partial charge in [-0.2, -0.15) is 0 Å². The molecule has 9 atom stereocenters. The molecule has 3 aliphatic rings. The highest BCUT2D eigenvalue weighted by Crippen LogP contribution is 2.54. The lowest BCUT2D eigenvalue weighted by molar-refractivity contribution is -0.0641. The summed E-state index contributed by atoms with van der Waals surface area (Å²) in [6.45, 7) is -5.41. The van der Waals surface area contributed by atoms with Crippen LogP contribution in [0.5, 0.6) is 0 Å². The number of rotatable bonds is 2. The number of phosphoric acid groups is 1. The van der Waals surface area contributed by atoms with E-state index in [-0.39, 0.29) is 34.4 Å². The van der Waals surface area contributed by atoms with Crippen molar-refractivity contribution in [1.29, 1.82) is 0 Å². The van der Waals surface area contributed by atoms with Crippen LogP contribution in [0.25, 0.3) is 22.2 Å². The Morgan fingerprint density at radius 2 is 1.86 bits per heavy atom. The van der Waals surface area contributed by atoms with Gasteiger partial charge in [0.1, 0.15) is 35.5 Å². The molecule has 0 aliphatic carbocycles. The van der Waals surface area contributed by atoms with Crippen molar-refractivity contribution in [3.8, 4) is 0 Å². The van der Waals surface area contributed by atoms with Gasteiger partial charge in [0.2, 0.25) is 0 Å². The number of aromatic nitrogens is 7. The molecule has 3 aliphatic heterocycles. The van der Waals surface area contributed by atoms with E-state index in [2.05, 4.69) is 24.9 Å². The van der Waals surface area contributed by atoms with Crippen molar-refractivity contribution in [3.05, 3.63) is 41.3 Å². The SMILES string of the molecule is Nc1ncnc2c1ncn2[C@@H]1O[C@@H]2COP(=O)(O)O[C@@H]3C[C@@H](COP(O)(=S)O[C@H]2[C@H]1F)O[C@H]3n1cc(F)c2c(=O)[nH]cnc21. The van der Waals surface area contributed by atoms with E-state index in [1.807, 2.05) is 0 Å². The fourth-order valence-corrected chi connectivity index (χ4v) is 7.76. The number of fused-ring (bicyclic) bond motifs is 5. The summed E-state index contributed by atoms with van der Waals surface area (Å²) in [5, 5.41) is -0.369. The molecule has 5 N–H and O–H groups in total. The lowest BCUT2D eigenvalue weighted by Gasteiger charge is -2.26. The highest BCUT2D eigenvalue weighted by atomic mass is 32.5. The van der Waals surface area contributed by atoms with Crippen LogP contribution in [0.3, 0.4) is 0 Å². The molecule has 0 radical (unpaired) electrons. The first-order valence-corrected chi connectivity index (χ1v) is 16.9. The zero-order chi connectivity index (χ0) is 31.0. The molecule has 3 fully saturated rings. The van der Waals surface area contributed by atoms with E-state index in [0.29, 0.717) is 0 Å². The summed E-state index contributed by atoms with van der Waals surface area (Å²) >= 11 is 5.14. The minimum atomic E-state index is -4.96. The number of hydrogen-bond acceptors (Lipinski definition) is 14. The summed E-state index contributed by atoms with van der Waals surface area (Å²) in [5.74, 6) is -0.886. The number of aromatic amines is 1. The summed E-state index contributed by atoms with van der Waals surface area (Å²) in [6, 6.07) is 0. The number of nitrogens with zero attached hydrogens (tertiary/aromatic N) is 6. The second kappa shape index (κ2) is 10.9. The van der Waals surface area contributed by atoms with E-state index in [9.17, 15) is 23.5 Å². The highest BCUT2D eigenvalue weighted by molar-refractivity contribution is 8.07. The number of imidazole rings is 1. The van der Waals surface area contributed by atoms with Crippen LogP contribution in [0.2, 0.25) is 0 Å². The van der Waals surface area contributed by atoms with Gasteiger partial charge in [-0.3, -0.25) is 22.9 Å².